The first kappa shape index (κ1) is 15.6. The predicted molar refractivity (Wildman–Crippen MR) is 95.9 cm³/mol. The zero-order valence-electron chi connectivity index (χ0n) is 13.6. The number of nitrogens with zero attached hydrogens (tertiary/aromatic N) is 1. The van der Waals surface area contributed by atoms with E-state index in [4.69, 9.17) is 0 Å². The smallest absolute Gasteiger partial charge is 0.0160 e. The van der Waals surface area contributed by atoms with Gasteiger partial charge >= 0.3 is 0 Å². The van der Waals surface area contributed by atoms with Crippen LogP contribution in [0.2, 0.25) is 0 Å². The molecule has 0 amide bonds. The van der Waals surface area contributed by atoms with E-state index in [-0.39, 0.29) is 0 Å². The van der Waals surface area contributed by atoms with Gasteiger partial charge in [0.15, 0.2) is 0 Å². The van der Waals surface area contributed by atoms with Crippen LogP contribution >= 0.6 is 11.8 Å². The molecule has 3 rings (SSSR count). The van der Waals surface area contributed by atoms with Crippen molar-refractivity contribution in [2.75, 3.05) is 19.6 Å². The highest BCUT2D eigenvalue weighted by atomic mass is 32.2. The van der Waals surface area contributed by atoms with E-state index in [1.54, 1.807) is 0 Å². The van der Waals surface area contributed by atoms with E-state index in [0.717, 1.165) is 13.1 Å². The molecular formula is C20H25NS. The van der Waals surface area contributed by atoms with Crippen LogP contribution in [0.15, 0.2) is 58.3 Å². The Labute approximate surface area is 138 Å². The molecule has 116 valence electrons. The van der Waals surface area contributed by atoms with Crippen molar-refractivity contribution in [1.29, 1.82) is 0 Å². The summed E-state index contributed by atoms with van der Waals surface area (Å²) in [5.41, 5.74) is 3.04. The van der Waals surface area contributed by atoms with Crippen molar-refractivity contribution in [3.8, 4) is 0 Å². The van der Waals surface area contributed by atoms with Gasteiger partial charge in [0.2, 0.25) is 0 Å². The Balaban J connectivity index is 1.80. The number of hydrogen-bond acceptors (Lipinski definition) is 2. The Morgan fingerprint density at radius 3 is 1.95 bits per heavy atom. The van der Waals surface area contributed by atoms with Crippen LogP contribution in [0.25, 0.3) is 0 Å². The second kappa shape index (κ2) is 7.34. The zero-order valence-corrected chi connectivity index (χ0v) is 14.4. The van der Waals surface area contributed by atoms with Gasteiger partial charge in [0.1, 0.15) is 0 Å². The van der Waals surface area contributed by atoms with Crippen molar-refractivity contribution in [3.05, 3.63) is 59.7 Å². The highest BCUT2D eigenvalue weighted by Gasteiger charge is 2.25. The topological polar surface area (TPSA) is 3.24 Å². The lowest BCUT2D eigenvalue weighted by molar-refractivity contribution is 0.294. The van der Waals surface area contributed by atoms with E-state index in [1.807, 2.05) is 11.8 Å². The second-order valence-electron chi connectivity index (χ2n) is 5.90. The molecule has 22 heavy (non-hydrogen) atoms. The number of benzene rings is 2. The molecule has 2 aromatic carbocycles. The van der Waals surface area contributed by atoms with Crippen molar-refractivity contribution in [2.45, 2.75) is 42.4 Å². The lowest BCUT2D eigenvalue weighted by Gasteiger charge is -2.28. The maximum atomic E-state index is 2.52. The second-order valence-corrected chi connectivity index (χ2v) is 6.98. The van der Waals surface area contributed by atoms with Crippen LogP contribution in [0.3, 0.4) is 0 Å². The molecule has 0 aliphatic carbocycles. The summed E-state index contributed by atoms with van der Waals surface area (Å²) >= 11 is 1.92. The third kappa shape index (κ3) is 3.23. The molecular weight excluding hydrogens is 286 g/mol. The van der Waals surface area contributed by atoms with Crippen molar-refractivity contribution in [1.82, 2.24) is 4.90 Å². The first-order chi connectivity index (χ1) is 10.8. The molecule has 1 nitrogen and oxygen atoms in total. The molecule has 0 atom stereocenters. The maximum Gasteiger partial charge on any atom is 0.0160 e. The Kier molecular flexibility index (Phi) is 5.22. The third-order valence-electron chi connectivity index (χ3n) is 4.67. The molecule has 0 saturated carbocycles. The summed E-state index contributed by atoms with van der Waals surface area (Å²) in [6, 6.07) is 17.9. The molecule has 1 heterocycles. The minimum absolute atomic E-state index is 0.559. The van der Waals surface area contributed by atoms with Gasteiger partial charge in [-0.15, -0.1) is 0 Å². The molecule has 1 aliphatic heterocycles. The Bertz CT molecular complexity index is 573. The summed E-state index contributed by atoms with van der Waals surface area (Å²) in [6.07, 6.45) is 2.50. The van der Waals surface area contributed by atoms with Gasteiger partial charge in [-0.1, -0.05) is 62.0 Å². The Morgan fingerprint density at radius 2 is 1.41 bits per heavy atom. The summed E-state index contributed by atoms with van der Waals surface area (Å²) in [7, 11) is 0. The maximum absolute atomic E-state index is 2.52. The fourth-order valence-corrected chi connectivity index (χ4v) is 4.57. The lowest BCUT2D eigenvalue weighted by atomic mass is 9.87. The van der Waals surface area contributed by atoms with E-state index in [0.29, 0.717) is 5.92 Å². The van der Waals surface area contributed by atoms with E-state index >= 15 is 0 Å². The first-order valence-corrected chi connectivity index (χ1v) is 9.23. The molecule has 0 radical (unpaired) electrons. The molecule has 2 heteroatoms. The molecule has 0 fully saturated rings. The first-order valence-electron chi connectivity index (χ1n) is 8.41. The van der Waals surface area contributed by atoms with Gasteiger partial charge in [0.05, 0.1) is 0 Å². The number of fused-ring (bicyclic) bond motifs is 2. The zero-order chi connectivity index (χ0) is 15.4. The van der Waals surface area contributed by atoms with E-state index in [2.05, 4.69) is 67.3 Å². The highest BCUT2D eigenvalue weighted by Crippen LogP contribution is 2.47. The molecule has 2 aromatic rings. The SMILES string of the molecule is CCN(CC)CCCC1c2ccccc2Sc2ccccc21. The van der Waals surface area contributed by atoms with Gasteiger partial charge in [0.25, 0.3) is 0 Å². The summed E-state index contributed by atoms with van der Waals surface area (Å²) in [6.45, 7) is 8.03. The monoisotopic (exact) mass is 311 g/mol. The van der Waals surface area contributed by atoms with E-state index < -0.39 is 0 Å². The van der Waals surface area contributed by atoms with Crippen molar-refractivity contribution < 1.29 is 0 Å². The molecule has 0 aromatic heterocycles. The van der Waals surface area contributed by atoms with Crippen LogP contribution in [-0.4, -0.2) is 24.5 Å². The molecule has 0 spiro atoms. The predicted octanol–water partition coefficient (Wildman–Crippen LogP) is 5.41. The Morgan fingerprint density at radius 1 is 0.864 bits per heavy atom. The van der Waals surface area contributed by atoms with Gasteiger partial charge in [-0.2, -0.15) is 0 Å². The highest BCUT2D eigenvalue weighted by molar-refractivity contribution is 7.99. The largest absolute Gasteiger partial charge is 0.304 e. The van der Waals surface area contributed by atoms with E-state index in [9.17, 15) is 0 Å². The lowest BCUT2D eigenvalue weighted by Crippen LogP contribution is -2.24. The van der Waals surface area contributed by atoms with Gasteiger partial charge in [-0.25, -0.2) is 0 Å². The van der Waals surface area contributed by atoms with Crippen LogP contribution in [0.5, 0.6) is 0 Å². The molecule has 0 bridgehead atoms. The number of hydrogen-bond donors (Lipinski definition) is 0. The van der Waals surface area contributed by atoms with Gasteiger partial charge in [-0.05, 0) is 55.7 Å². The summed E-state index contributed by atoms with van der Waals surface area (Å²) in [5, 5.41) is 0. The Hall–Kier alpha value is -1.25. The van der Waals surface area contributed by atoms with Gasteiger partial charge < -0.3 is 4.90 Å². The fraction of sp³-hybridized carbons (Fsp3) is 0.400. The number of rotatable bonds is 6. The van der Waals surface area contributed by atoms with Crippen molar-refractivity contribution in [3.63, 3.8) is 0 Å². The molecule has 0 N–H and O–H groups in total. The van der Waals surface area contributed by atoms with Gasteiger partial charge in [-0.3, -0.25) is 0 Å². The van der Waals surface area contributed by atoms with Crippen LogP contribution in [0.4, 0.5) is 0 Å². The van der Waals surface area contributed by atoms with Crippen LogP contribution in [-0.2, 0) is 0 Å². The van der Waals surface area contributed by atoms with Crippen LogP contribution in [0, 0.1) is 0 Å². The van der Waals surface area contributed by atoms with E-state index in [1.165, 1.54) is 40.3 Å². The standard InChI is InChI=1S/C20H25NS/c1-3-21(4-2)15-9-12-16-17-10-5-7-13-19(17)22-20-14-8-6-11-18(16)20/h5-8,10-11,13-14,16H,3-4,9,12,15H2,1-2H3. The summed E-state index contributed by atoms with van der Waals surface area (Å²) < 4.78 is 0. The average Bonchev–Trinajstić information content (AvgIpc) is 2.58. The third-order valence-corrected chi connectivity index (χ3v) is 5.85. The molecule has 0 unspecified atom stereocenters. The van der Waals surface area contributed by atoms with Crippen LogP contribution < -0.4 is 0 Å². The minimum Gasteiger partial charge on any atom is -0.304 e. The van der Waals surface area contributed by atoms with Crippen molar-refractivity contribution in [2.24, 2.45) is 0 Å². The minimum atomic E-state index is 0.559. The summed E-state index contributed by atoms with van der Waals surface area (Å²) in [4.78, 5) is 5.40. The van der Waals surface area contributed by atoms with Crippen LogP contribution in [0.1, 0.15) is 43.7 Å². The quantitative estimate of drug-likeness (QED) is 0.702. The molecule has 0 saturated heterocycles. The molecule has 1 aliphatic rings. The summed E-state index contributed by atoms with van der Waals surface area (Å²) in [5.74, 6) is 0.559. The normalized spacial score (nSPS) is 14.0. The van der Waals surface area contributed by atoms with Crippen molar-refractivity contribution >= 4 is 11.8 Å². The van der Waals surface area contributed by atoms with Gasteiger partial charge in [0, 0.05) is 15.7 Å². The average molecular weight is 311 g/mol. The fourth-order valence-electron chi connectivity index (χ4n) is 3.38.